The van der Waals surface area contributed by atoms with Crippen LogP contribution in [0.1, 0.15) is 12.5 Å². The van der Waals surface area contributed by atoms with Gasteiger partial charge in [-0.1, -0.05) is 6.07 Å². The maximum Gasteiger partial charge on any atom is 0.240 e. The van der Waals surface area contributed by atoms with E-state index in [0.29, 0.717) is 22.7 Å². The summed E-state index contributed by atoms with van der Waals surface area (Å²) in [6.07, 6.45) is 0. The van der Waals surface area contributed by atoms with Gasteiger partial charge in [0.25, 0.3) is 0 Å². The van der Waals surface area contributed by atoms with Gasteiger partial charge in [-0.2, -0.15) is 0 Å². The van der Waals surface area contributed by atoms with E-state index >= 15 is 0 Å². The second-order valence-corrected chi connectivity index (χ2v) is 6.94. The molecule has 2 N–H and O–H groups in total. The molecule has 0 spiro atoms. The Hall–Kier alpha value is -2.58. The summed E-state index contributed by atoms with van der Waals surface area (Å²) in [5.74, 6) is 0.836. The van der Waals surface area contributed by atoms with Gasteiger partial charge in [-0.05, 0) is 36.4 Å². The largest absolute Gasteiger partial charge is 0.496 e. The highest BCUT2D eigenvalue weighted by Crippen LogP contribution is 2.28. The van der Waals surface area contributed by atoms with E-state index in [1.54, 1.807) is 18.2 Å². The molecule has 25 heavy (non-hydrogen) atoms. The van der Waals surface area contributed by atoms with Gasteiger partial charge in [0.05, 0.1) is 24.7 Å². The Morgan fingerprint density at radius 3 is 2.04 bits per heavy atom. The zero-order valence-corrected chi connectivity index (χ0v) is 15.0. The van der Waals surface area contributed by atoms with Gasteiger partial charge in [-0.25, -0.2) is 13.1 Å². The van der Waals surface area contributed by atoms with Gasteiger partial charge in [0.2, 0.25) is 15.9 Å². The third-order valence-corrected chi connectivity index (χ3v) is 4.87. The average molecular weight is 364 g/mol. The Kier molecular flexibility index (Phi) is 6.00. The maximum atomic E-state index is 12.5. The topological polar surface area (TPSA) is 93.7 Å². The molecule has 0 heterocycles. The van der Waals surface area contributed by atoms with Gasteiger partial charge in [0, 0.05) is 19.2 Å². The minimum atomic E-state index is -3.73. The lowest BCUT2D eigenvalue weighted by Gasteiger charge is -2.14. The molecule has 0 bridgehead atoms. The molecular weight excluding hydrogens is 344 g/mol. The zero-order valence-electron chi connectivity index (χ0n) is 14.2. The predicted octanol–water partition coefficient (Wildman–Crippen LogP) is 2.14. The molecule has 0 aliphatic heterocycles. The number of ether oxygens (including phenoxy) is 2. The van der Waals surface area contributed by atoms with Crippen LogP contribution in [0.25, 0.3) is 0 Å². The summed E-state index contributed by atoms with van der Waals surface area (Å²) in [6.45, 7) is 1.40. The Morgan fingerprint density at radius 1 is 1.00 bits per heavy atom. The van der Waals surface area contributed by atoms with Crippen LogP contribution in [0.3, 0.4) is 0 Å². The number of anilines is 1. The molecule has 0 atom stereocenters. The minimum Gasteiger partial charge on any atom is -0.496 e. The van der Waals surface area contributed by atoms with E-state index in [9.17, 15) is 13.2 Å². The molecule has 0 unspecified atom stereocenters. The Bertz CT molecular complexity index is 826. The molecule has 2 aromatic carbocycles. The molecule has 0 saturated heterocycles. The summed E-state index contributed by atoms with van der Waals surface area (Å²) in [5, 5.41) is 2.58. The van der Waals surface area contributed by atoms with Gasteiger partial charge >= 0.3 is 0 Å². The van der Waals surface area contributed by atoms with Crippen LogP contribution in [0.5, 0.6) is 11.5 Å². The van der Waals surface area contributed by atoms with Gasteiger partial charge in [-0.15, -0.1) is 0 Å². The zero-order chi connectivity index (χ0) is 18.4. The van der Waals surface area contributed by atoms with Crippen molar-refractivity contribution in [3.63, 3.8) is 0 Å². The van der Waals surface area contributed by atoms with Gasteiger partial charge in [0.15, 0.2) is 0 Å². The summed E-state index contributed by atoms with van der Waals surface area (Å²) < 4.78 is 38.0. The van der Waals surface area contributed by atoms with E-state index in [2.05, 4.69) is 10.0 Å². The van der Waals surface area contributed by atoms with Gasteiger partial charge in [0.1, 0.15) is 11.5 Å². The lowest BCUT2D eigenvalue weighted by Crippen LogP contribution is -2.23. The highest BCUT2D eigenvalue weighted by Gasteiger charge is 2.17. The van der Waals surface area contributed by atoms with Crippen molar-refractivity contribution < 1.29 is 22.7 Å². The number of amides is 1. The molecule has 0 aliphatic rings. The third-order valence-electron chi connectivity index (χ3n) is 3.45. The van der Waals surface area contributed by atoms with E-state index in [4.69, 9.17) is 9.47 Å². The van der Waals surface area contributed by atoms with Crippen molar-refractivity contribution in [1.29, 1.82) is 0 Å². The molecule has 0 radical (unpaired) electrons. The first-order valence-corrected chi connectivity index (χ1v) is 8.93. The Morgan fingerprint density at radius 2 is 1.56 bits per heavy atom. The van der Waals surface area contributed by atoms with Gasteiger partial charge < -0.3 is 14.8 Å². The van der Waals surface area contributed by atoms with Crippen LogP contribution in [0.4, 0.5) is 5.69 Å². The molecule has 134 valence electrons. The summed E-state index contributed by atoms with van der Waals surface area (Å²) >= 11 is 0. The van der Waals surface area contributed by atoms with Crippen LogP contribution >= 0.6 is 0 Å². The number of nitrogens with one attached hydrogen (secondary N) is 2. The first-order chi connectivity index (χ1) is 11.9. The number of hydrogen-bond acceptors (Lipinski definition) is 5. The number of methoxy groups -OCH3 is 2. The third kappa shape index (κ3) is 4.71. The van der Waals surface area contributed by atoms with Crippen LogP contribution in [-0.4, -0.2) is 28.5 Å². The van der Waals surface area contributed by atoms with E-state index in [1.165, 1.54) is 45.4 Å². The minimum absolute atomic E-state index is 0.0168. The van der Waals surface area contributed by atoms with Crippen LogP contribution in [0.15, 0.2) is 47.4 Å². The van der Waals surface area contributed by atoms with Crippen LogP contribution < -0.4 is 19.5 Å². The van der Waals surface area contributed by atoms with Crippen molar-refractivity contribution in [3.05, 3.63) is 48.0 Å². The van der Waals surface area contributed by atoms with Crippen molar-refractivity contribution in [3.8, 4) is 11.5 Å². The molecule has 0 fully saturated rings. The maximum absolute atomic E-state index is 12.5. The first-order valence-electron chi connectivity index (χ1n) is 7.44. The SMILES string of the molecule is COc1cccc(OC)c1CNS(=O)(=O)c1ccc(NC(C)=O)cc1. The molecule has 0 aromatic heterocycles. The van der Waals surface area contributed by atoms with Crippen molar-refractivity contribution in [2.75, 3.05) is 19.5 Å². The van der Waals surface area contributed by atoms with Crippen LogP contribution in [0, 0.1) is 0 Å². The molecule has 1 amide bonds. The normalized spacial score (nSPS) is 11.0. The fourth-order valence-electron chi connectivity index (χ4n) is 2.27. The average Bonchev–Trinajstić information content (AvgIpc) is 2.59. The molecule has 2 rings (SSSR count). The summed E-state index contributed by atoms with van der Waals surface area (Å²) in [4.78, 5) is 11.1. The van der Waals surface area contributed by atoms with E-state index in [1.807, 2.05) is 0 Å². The van der Waals surface area contributed by atoms with Gasteiger partial charge in [-0.3, -0.25) is 4.79 Å². The Labute approximate surface area is 147 Å². The standard InChI is InChI=1S/C17H20N2O5S/c1-12(20)19-13-7-9-14(10-8-13)25(21,22)18-11-15-16(23-2)5-4-6-17(15)24-3/h4-10,18H,11H2,1-3H3,(H,19,20). The van der Waals surface area contributed by atoms with Crippen molar-refractivity contribution >= 4 is 21.6 Å². The predicted molar refractivity (Wildman–Crippen MR) is 94.3 cm³/mol. The lowest BCUT2D eigenvalue weighted by molar-refractivity contribution is -0.114. The van der Waals surface area contributed by atoms with E-state index in [0.717, 1.165) is 0 Å². The lowest BCUT2D eigenvalue weighted by atomic mass is 10.2. The van der Waals surface area contributed by atoms with Crippen LogP contribution in [-0.2, 0) is 21.4 Å². The second-order valence-electron chi connectivity index (χ2n) is 5.17. The molecule has 8 heteroatoms. The van der Waals surface area contributed by atoms with E-state index in [-0.39, 0.29) is 17.3 Å². The van der Waals surface area contributed by atoms with Crippen molar-refractivity contribution in [1.82, 2.24) is 4.72 Å². The van der Waals surface area contributed by atoms with Crippen LogP contribution in [0.2, 0.25) is 0 Å². The smallest absolute Gasteiger partial charge is 0.240 e. The first kappa shape index (κ1) is 18.8. The van der Waals surface area contributed by atoms with Crippen molar-refractivity contribution in [2.45, 2.75) is 18.4 Å². The molecule has 2 aromatic rings. The summed E-state index contributed by atoms with van der Waals surface area (Å²) in [6, 6.07) is 11.1. The summed E-state index contributed by atoms with van der Waals surface area (Å²) in [5.41, 5.74) is 1.13. The fraction of sp³-hybridized carbons (Fsp3) is 0.235. The number of carbonyl (C=O) groups is 1. The second kappa shape index (κ2) is 8.00. The number of hydrogen-bond donors (Lipinski definition) is 2. The Balaban J connectivity index is 2.18. The van der Waals surface area contributed by atoms with Crippen molar-refractivity contribution in [2.24, 2.45) is 0 Å². The van der Waals surface area contributed by atoms with E-state index < -0.39 is 10.0 Å². The number of benzene rings is 2. The molecule has 7 nitrogen and oxygen atoms in total. The number of carbonyl (C=O) groups excluding carboxylic acids is 1. The monoisotopic (exact) mass is 364 g/mol. The highest BCUT2D eigenvalue weighted by molar-refractivity contribution is 7.89. The fourth-order valence-corrected chi connectivity index (χ4v) is 3.27. The molecule has 0 saturated carbocycles. The molecular formula is C17H20N2O5S. The number of rotatable bonds is 7. The summed E-state index contributed by atoms with van der Waals surface area (Å²) in [7, 11) is -0.713. The number of sulfonamides is 1. The highest BCUT2D eigenvalue weighted by atomic mass is 32.2. The molecule has 0 aliphatic carbocycles. The quantitative estimate of drug-likeness (QED) is 0.785.